The van der Waals surface area contributed by atoms with Crippen molar-refractivity contribution in [1.29, 1.82) is 0 Å². The maximum atomic E-state index is 12.2. The van der Waals surface area contributed by atoms with Gasteiger partial charge in [0.25, 0.3) is 5.91 Å². The van der Waals surface area contributed by atoms with Crippen LogP contribution in [-0.4, -0.2) is 15.9 Å². The van der Waals surface area contributed by atoms with Gasteiger partial charge < -0.3 is 5.32 Å². The Hall–Kier alpha value is -1.95. The lowest BCUT2D eigenvalue weighted by molar-refractivity contribution is 0.0950. The van der Waals surface area contributed by atoms with E-state index in [0.717, 1.165) is 16.4 Å². The van der Waals surface area contributed by atoms with Crippen LogP contribution in [0.15, 0.2) is 48.0 Å². The molecule has 4 nitrogen and oxygen atoms in total. The van der Waals surface area contributed by atoms with Crippen molar-refractivity contribution in [2.24, 2.45) is 0 Å². The van der Waals surface area contributed by atoms with Gasteiger partial charge in [0.1, 0.15) is 5.01 Å². The molecular weight excluding hydrogens is 353 g/mol. The molecule has 1 amide bonds. The summed E-state index contributed by atoms with van der Waals surface area (Å²) in [5.41, 5.74) is 1.97. The minimum Gasteiger partial charge on any atom is -0.346 e. The molecule has 0 bridgehead atoms. The first-order chi connectivity index (χ1) is 11.1. The number of pyridine rings is 1. The smallest absolute Gasteiger partial charge is 0.253 e. The number of rotatable bonds is 4. The average molecular weight is 364 g/mol. The lowest BCUT2D eigenvalue weighted by Gasteiger charge is -2.05. The predicted octanol–water partition coefficient (Wildman–Crippen LogP) is 4.44. The molecule has 0 aliphatic carbocycles. The van der Waals surface area contributed by atoms with Crippen molar-refractivity contribution in [3.8, 4) is 10.7 Å². The molecule has 0 aliphatic heterocycles. The van der Waals surface area contributed by atoms with Gasteiger partial charge in [-0.05, 0) is 30.3 Å². The van der Waals surface area contributed by atoms with Gasteiger partial charge in [0.2, 0.25) is 0 Å². The number of aromatic nitrogens is 2. The van der Waals surface area contributed by atoms with E-state index in [-0.39, 0.29) is 5.91 Å². The Balaban J connectivity index is 1.67. The third-order valence-corrected chi connectivity index (χ3v) is 4.50. The van der Waals surface area contributed by atoms with Crippen LogP contribution in [-0.2, 0) is 6.54 Å². The number of nitrogens with one attached hydrogen (secondary N) is 1. The van der Waals surface area contributed by atoms with Crippen LogP contribution in [0.25, 0.3) is 10.7 Å². The van der Waals surface area contributed by atoms with E-state index in [1.165, 1.54) is 11.3 Å². The zero-order valence-corrected chi connectivity index (χ0v) is 14.1. The summed E-state index contributed by atoms with van der Waals surface area (Å²) in [4.78, 5) is 20.9. The van der Waals surface area contributed by atoms with E-state index < -0.39 is 0 Å². The number of benzene rings is 1. The van der Waals surface area contributed by atoms with Gasteiger partial charge in [-0.15, -0.1) is 11.3 Å². The molecule has 0 spiro atoms. The predicted molar refractivity (Wildman–Crippen MR) is 93.0 cm³/mol. The van der Waals surface area contributed by atoms with Crippen molar-refractivity contribution in [2.45, 2.75) is 6.54 Å². The van der Waals surface area contributed by atoms with Crippen LogP contribution in [0.2, 0.25) is 10.0 Å². The zero-order valence-electron chi connectivity index (χ0n) is 11.8. The first-order valence-electron chi connectivity index (χ1n) is 6.72. The van der Waals surface area contributed by atoms with Gasteiger partial charge in [0, 0.05) is 16.6 Å². The maximum absolute atomic E-state index is 12.2. The molecule has 1 N–H and O–H groups in total. The number of hydrogen-bond acceptors (Lipinski definition) is 4. The van der Waals surface area contributed by atoms with Crippen molar-refractivity contribution in [1.82, 2.24) is 15.3 Å². The number of thiazole rings is 1. The summed E-state index contributed by atoms with van der Waals surface area (Å²) in [7, 11) is 0. The Labute approximate surface area is 147 Å². The second-order valence-corrected chi connectivity index (χ2v) is 6.37. The highest BCUT2D eigenvalue weighted by atomic mass is 35.5. The van der Waals surface area contributed by atoms with E-state index in [0.29, 0.717) is 22.2 Å². The summed E-state index contributed by atoms with van der Waals surface area (Å²) in [6.07, 6.45) is 1.72. The number of carbonyl (C=O) groups excluding carboxylic acids is 1. The van der Waals surface area contributed by atoms with Crippen LogP contribution in [0.5, 0.6) is 0 Å². The molecule has 0 aliphatic rings. The molecule has 7 heteroatoms. The normalized spacial score (nSPS) is 10.5. The largest absolute Gasteiger partial charge is 0.346 e. The molecule has 3 rings (SSSR count). The van der Waals surface area contributed by atoms with Crippen LogP contribution in [0.3, 0.4) is 0 Å². The molecule has 2 heterocycles. The molecule has 0 saturated carbocycles. The van der Waals surface area contributed by atoms with E-state index in [1.807, 2.05) is 23.6 Å². The Morgan fingerprint density at radius 3 is 2.83 bits per heavy atom. The van der Waals surface area contributed by atoms with Crippen LogP contribution in [0.4, 0.5) is 0 Å². The molecule has 3 aromatic rings. The molecule has 1 aromatic carbocycles. The quantitative estimate of drug-likeness (QED) is 0.745. The van der Waals surface area contributed by atoms with Crippen molar-refractivity contribution < 1.29 is 4.79 Å². The summed E-state index contributed by atoms with van der Waals surface area (Å²) in [5.74, 6) is -0.265. The molecule has 0 atom stereocenters. The van der Waals surface area contributed by atoms with Gasteiger partial charge in [-0.25, -0.2) is 4.98 Å². The van der Waals surface area contributed by atoms with Crippen molar-refractivity contribution in [3.05, 3.63) is 69.3 Å². The number of hydrogen-bond donors (Lipinski definition) is 1. The Kier molecular flexibility index (Phi) is 4.91. The highest BCUT2D eigenvalue weighted by molar-refractivity contribution is 7.13. The van der Waals surface area contributed by atoms with E-state index in [2.05, 4.69) is 15.3 Å². The number of halogens is 2. The summed E-state index contributed by atoms with van der Waals surface area (Å²) in [6, 6.07) is 10.4. The van der Waals surface area contributed by atoms with E-state index in [4.69, 9.17) is 23.2 Å². The first kappa shape index (κ1) is 15.9. The highest BCUT2D eigenvalue weighted by Crippen LogP contribution is 2.22. The summed E-state index contributed by atoms with van der Waals surface area (Å²) in [6.45, 7) is 0.321. The average Bonchev–Trinajstić information content (AvgIpc) is 3.02. The first-order valence-corrected chi connectivity index (χ1v) is 8.36. The van der Waals surface area contributed by atoms with Crippen molar-refractivity contribution in [3.63, 3.8) is 0 Å². The Morgan fingerprint density at radius 2 is 2.09 bits per heavy atom. The summed E-state index contributed by atoms with van der Waals surface area (Å²) >= 11 is 13.3. The van der Waals surface area contributed by atoms with Crippen molar-refractivity contribution in [2.75, 3.05) is 0 Å². The molecule has 0 saturated heterocycles. The van der Waals surface area contributed by atoms with Gasteiger partial charge in [-0.2, -0.15) is 0 Å². The van der Waals surface area contributed by atoms with Gasteiger partial charge in [0.05, 0.1) is 28.5 Å². The fraction of sp³-hybridized carbons (Fsp3) is 0.0625. The molecule has 0 radical (unpaired) electrons. The van der Waals surface area contributed by atoms with Crippen LogP contribution >= 0.6 is 34.5 Å². The highest BCUT2D eigenvalue weighted by Gasteiger charge is 2.12. The maximum Gasteiger partial charge on any atom is 0.253 e. The van der Waals surface area contributed by atoms with Gasteiger partial charge in [0.15, 0.2) is 0 Å². The summed E-state index contributed by atoms with van der Waals surface area (Å²) < 4.78 is 0. The zero-order chi connectivity index (χ0) is 16.2. The van der Waals surface area contributed by atoms with Gasteiger partial charge >= 0.3 is 0 Å². The lowest BCUT2D eigenvalue weighted by atomic mass is 10.2. The van der Waals surface area contributed by atoms with E-state index >= 15 is 0 Å². The van der Waals surface area contributed by atoms with Crippen LogP contribution < -0.4 is 5.32 Å². The monoisotopic (exact) mass is 363 g/mol. The molecule has 23 heavy (non-hydrogen) atoms. The fourth-order valence-corrected chi connectivity index (χ4v) is 3.22. The van der Waals surface area contributed by atoms with Crippen LogP contribution in [0, 0.1) is 0 Å². The van der Waals surface area contributed by atoms with Crippen LogP contribution in [0.1, 0.15) is 16.1 Å². The third kappa shape index (κ3) is 3.88. The standard InChI is InChI=1S/C16H11Cl2N3OS/c17-10-4-5-12(13(18)7-10)15(22)20-8-11-9-23-16(21-11)14-3-1-2-6-19-14/h1-7,9H,8H2,(H,20,22). The number of nitrogens with zero attached hydrogens (tertiary/aromatic N) is 2. The topological polar surface area (TPSA) is 54.9 Å². The lowest BCUT2D eigenvalue weighted by Crippen LogP contribution is -2.23. The second kappa shape index (κ2) is 7.08. The van der Waals surface area contributed by atoms with Gasteiger partial charge in [-0.1, -0.05) is 29.3 Å². The third-order valence-electron chi connectivity index (χ3n) is 3.04. The molecule has 2 aromatic heterocycles. The Bertz CT molecular complexity index is 836. The van der Waals surface area contributed by atoms with E-state index in [1.54, 1.807) is 24.4 Å². The minimum atomic E-state index is -0.265. The molecular formula is C16H11Cl2N3OS. The molecule has 0 fully saturated rings. The minimum absolute atomic E-state index is 0.265. The van der Waals surface area contributed by atoms with Crippen molar-refractivity contribution >= 4 is 40.4 Å². The fourth-order valence-electron chi connectivity index (χ4n) is 1.93. The number of amides is 1. The van der Waals surface area contributed by atoms with E-state index in [9.17, 15) is 4.79 Å². The SMILES string of the molecule is O=C(NCc1csc(-c2ccccn2)n1)c1ccc(Cl)cc1Cl. The number of carbonyl (C=O) groups is 1. The molecule has 116 valence electrons. The Morgan fingerprint density at radius 1 is 1.22 bits per heavy atom. The van der Waals surface area contributed by atoms with Gasteiger partial charge in [-0.3, -0.25) is 9.78 Å². The second-order valence-electron chi connectivity index (χ2n) is 4.67. The molecule has 0 unspecified atom stereocenters. The summed E-state index contributed by atoms with van der Waals surface area (Å²) in [5, 5.41) is 6.33.